The largest absolute Gasteiger partial charge is 0.342 e. The quantitative estimate of drug-likeness (QED) is 0.410. The predicted octanol–water partition coefficient (Wildman–Crippen LogP) is 4.58. The third-order valence-corrected chi connectivity index (χ3v) is 5.99. The van der Waals surface area contributed by atoms with Crippen LogP contribution in [-0.2, 0) is 4.79 Å². The van der Waals surface area contributed by atoms with Crippen molar-refractivity contribution in [1.82, 2.24) is 25.5 Å². The van der Waals surface area contributed by atoms with Gasteiger partial charge in [0.15, 0.2) is 5.82 Å². The molecular formula is C20H16ClN5OS2. The number of nitrogens with one attached hydrogen (secondary N) is 2. The minimum atomic E-state index is -0.277. The monoisotopic (exact) mass is 441 g/mol. The number of thiazole rings is 1. The molecule has 1 amide bonds. The van der Waals surface area contributed by atoms with Gasteiger partial charge < -0.3 is 5.32 Å². The summed E-state index contributed by atoms with van der Waals surface area (Å²) < 4.78 is 0. The van der Waals surface area contributed by atoms with E-state index < -0.39 is 0 Å². The van der Waals surface area contributed by atoms with Crippen molar-refractivity contribution in [2.24, 2.45) is 0 Å². The number of amides is 1. The number of aromatic amines is 1. The zero-order valence-electron chi connectivity index (χ0n) is 15.1. The summed E-state index contributed by atoms with van der Waals surface area (Å²) in [7, 11) is 0. The van der Waals surface area contributed by atoms with Gasteiger partial charge in [-0.25, -0.2) is 9.97 Å². The molecule has 0 bridgehead atoms. The number of thioether (sulfide) groups is 1. The number of H-pyrrole nitrogens is 1. The first-order chi connectivity index (χ1) is 14.2. The first-order valence-corrected chi connectivity index (χ1v) is 11.0. The van der Waals surface area contributed by atoms with Crippen molar-refractivity contribution in [2.75, 3.05) is 5.75 Å². The average Bonchev–Trinajstić information content (AvgIpc) is 3.44. The topological polar surface area (TPSA) is 83.6 Å². The minimum absolute atomic E-state index is 0.114. The maximum atomic E-state index is 12.6. The Kier molecular flexibility index (Phi) is 6.24. The molecular weight excluding hydrogens is 426 g/mol. The van der Waals surface area contributed by atoms with E-state index in [9.17, 15) is 4.79 Å². The molecule has 4 aromatic rings. The lowest BCUT2D eigenvalue weighted by Gasteiger charge is -2.16. The number of benzene rings is 2. The number of nitrogens with zero attached hydrogens (tertiary/aromatic N) is 3. The highest BCUT2D eigenvalue weighted by molar-refractivity contribution is 7.99. The number of hydrogen-bond acceptors (Lipinski definition) is 6. The second-order valence-corrected chi connectivity index (χ2v) is 8.35. The summed E-state index contributed by atoms with van der Waals surface area (Å²) in [5.41, 5.74) is 1.87. The van der Waals surface area contributed by atoms with E-state index in [1.54, 1.807) is 18.3 Å². The Morgan fingerprint density at radius 2 is 1.97 bits per heavy atom. The third-order valence-electron chi connectivity index (χ3n) is 4.05. The highest BCUT2D eigenvalue weighted by Gasteiger charge is 2.19. The van der Waals surface area contributed by atoms with E-state index >= 15 is 0 Å². The Hall–Kier alpha value is -2.68. The zero-order chi connectivity index (χ0) is 20.1. The van der Waals surface area contributed by atoms with Gasteiger partial charge in [-0.3, -0.25) is 9.89 Å². The molecule has 9 heteroatoms. The van der Waals surface area contributed by atoms with E-state index in [1.165, 1.54) is 23.1 Å². The van der Waals surface area contributed by atoms with Crippen LogP contribution in [0.1, 0.15) is 16.6 Å². The molecule has 6 nitrogen and oxygen atoms in total. The molecule has 29 heavy (non-hydrogen) atoms. The Morgan fingerprint density at radius 1 is 1.17 bits per heavy atom. The number of halogens is 1. The van der Waals surface area contributed by atoms with Gasteiger partial charge >= 0.3 is 0 Å². The van der Waals surface area contributed by atoms with Crippen molar-refractivity contribution < 1.29 is 4.79 Å². The summed E-state index contributed by atoms with van der Waals surface area (Å²) in [5, 5.41) is 14.0. The molecule has 0 aliphatic heterocycles. The van der Waals surface area contributed by atoms with E-state index in [4.69, 9.17) is 11.6 Å². The lowest BCUT2D eigenvalue weighted by Crippen LogP contribution is -2.30. The van der Waals surface area contributed by atoms with Crippen LogP contribution in [0.4, 0.5) is 0 Å². The molecule has 2 heterocycles. The molecule has 1 atom stereocenters. The predicted molar refractivity (Wildman–Crippen MR) is 116 cm³/mol. The van der Waals surface area contributed by atoms with Gasteiger partial charge in [-0.2, -0.15) is 0 Å². The number of aromatic nitrogens is 4. The molecule has 0 saturated carbocycles. The molecule has 0 spiro atoms. The van der Waals surface area contributed by atoms with Crippen molar-refractivity contribution >= 4 is 40.6 Å². The Labute approximate surface area is 180 Å². The smallest absolute Gasteiger partial charge is 0.231 e. The fourth-order valence-electron chi connectivity index (χ4n) is 2.69. The van der Waals surface area contributed by atoms with Crippen LogP contribution < -0.4 is 5.32 Å². The zero-order valence-corrected chi connectivity index (χ0v) is 17.5. The van der Waals surface area contributed by atoms with E-state index in [2.05, 4.69) is 25.5 Å². The molecule has 0 radical (unpaired) electrons. The van der Waals surface area contributed by atoms with E-state index in [-0.39, 0.29) is 17.7 Å². The van der Waals surface area contributed by atoms with Crippen LogP contribution in [0.15, 0.2) is 71.3 Å². The van der Waals surface area contributed by atoms with E-state index in [1.807, 2.05) is 47.8 Å². The summed E-state index contributed by atoms with van der Waals surface area (Å²) in [6.07, 6.45) is 1.74. The van der Waals surface area contributed by atoms with Gasteiger partial charge in [-0.15, -0.1) is 16.4 Å². The molecule has 2 aromatic heterocycles. The van der Waals surface area contributed by atoms with Crippen LogP contribution in [0.5, 0.6) is 0 Å². The SMILES string of the molecule is O=C(CSc1n[nH]c(-c2ccc(Cl)cc2)n1)NC(c1ccccc1)c1nccs1. The first-order valence-electron chi connectivity index (χ1n) is 8.74. The molecule has 0 saturated heterocycles. The van der Waals surface area contributed by atoms with Crippen LogP contribution in [0.2, 0.25) is 5.02 Å². The van der Waals surface area contributed by atoms with Crippen molar-refractivity contribution in [3.05, 3.63) is 81.8 Å². The summed E-state index contributed by atoms with van der Waals surface area (Å²) in [4.78, 5) is 21.4. The standard InChI is InChI=1S/C20H16ClN5OS2/c21-15-8-6-14(7-9-15)18-24-20(26-25-18)29-12-16(27)23-17(19-22-10-11-28-19)13-4-2-1-3-5-13/h1-11,17H,12H2,(H,23,27)(H,24,25,26). The van der Waals surface area contributed by atoms with Gasteiger partial charge in [0.2, 0.25) is 11.1 Å². The molecule has 4 rings (SSSR count). The van der Waals surface area contributed by atoms with Crippen molar-refractivity contribution in [3.8, 4) is 11.4 Å². The van der Waals surface area contributed by atoms with Gasteiger partial charge in [-0.1, -0.05) is 53.7 Å². The molecule has 2 aromatic carbocycles. The van der Waals surface area contributed by atoms with Crippen LogP contribution in [0, 0.1) is 0 Å². The van der Waals surface area contributed by atoms with Crippen LogP contribution in [0.25, 0.3) is 11.4 Å². The van der Waals surface area contributed by atoms with E-state index in [0.717, 1.165) is 16.1 Å². The van der Waals surface area contributed by atoms with Crippen molar-refractivity contribution in [3.63, 3.8) is 0 Å². The van der Waals surface area contributed by atoms with Gasteiger partial charge in [-0.05, 0) is 29.8 Å². The molecule has 0 aliphatic carbocycles. The highest BCUT2D eigenvalue weighted by Crippen LogP contribution is 2.25. The molecule has 2 N–H and O–H groups in total. The Morgan fingerprint density at radius 3 is 2.69 bits per heavy atom. The molecule has 0 fully saturated rings. The van der Waals surface area contributed by atoms with Gasteiger partial charge in [0.1, 0.15) is 11.0 Å². The highest BCUT2D eigenvalue weighted by atomic mass is 35.5. The fourth-order valence-corrected chi connectivity index (χ4v) is 4.14. The van der Waals surface area contributed by atoms with Gasteiger partial charge in [0, 0.05) is 22.2 Å². The third kappa shape index (κ3) is 5.03. The fraction of sp³-hybridized carbons (Fsp3) is 0.100. The second kappa shape index (κ2) is 9.21. The Bertz CT molecular complexity index is 1070. The molecule has 146 valence electrons. The summed E-state index contributed by atoms with van der Waals surface area (Å²) >= 11 is 8.70. The van der Waals surface area contributed by atoms with Crippen molar-refractivity contribution in [1.29, 1.82) is 0 Å². The van der Waals surface area contributed by atoms with Gasteiger partial charge in [0.25, 0.3) is 0 Å². The summed E-state index contributed by atoms with van der Waals surface area (Å²) in [6.45, 7) is 0. The summed E-state index contributed by atoms with van der Waals surface area (Å²) in [5.74, 6) is 0.721. The number of carbonyl (C=O) groups excluding carboxylic acids is 1. The first kappa shape index (κ1) is 19.6. The second-order valence-electron chi connectivity index (χ2n) is 6.04. The van der Waals surface area contributed by atoms with Gasteiger partial charge in [0.05, 0.1) is 5.75 Å². The molecule has 0 aliphatic rings. The van der Waals surface area contributed by atoms with Crippen LogP contribution >= 0.6 is 34.7 Å². The Balaban J connectivity index is 1.40. The number of hydrogen-bond donors (Lipinski definition) is 2. The van der Waals surface area contributed by atoms with Crippen LogP contribution in [0.3, 0.4) is 0 Å². The van der Waals surface area contributed by atoms with Crippen LogP contribution in [-0.4, -0.2) is 31.8 Å². The lowest BCUT2D eigenvalue weighted by molar-refractivity contribution is -0.119. The average molecular weight is 442 g/mol. The summed E-state index contributed by atoms with van der Waals surface area (Å²) in [6, 6.07) is 16.8. The maximum Gasteiger partial charge on any atom is 0.231 e. The van der Waals surface area contributed by atoms with Crippen molar-refractivity contribution in [2.45, 2.75) is 11.2 Å². The lowest BCUT2D eigenvalue weighted by atomic mass is 10.1. The normalized spacial score (nSPS) is 11.9. The maximum absolute atomic E-state index is 12.6. The molecule has 1 unspecified atom stereocenters. The van der Waals surface area contributed by atoms with E-state index in [0.29, 0.717) is 16.0 Å². The number of rotatable bonds is 7. The minimum Gasteiger partial charge on any atom is -0.342 e. The number of carbonyl (C=O) groups is 1.